The lowest BCUT2D eigenvalue weighted by Gasteiger charge is -2.24. The Bertz CT molecular complexity index is 492. The molecule has 1 rings (SSSR count). The van der Waals surface area contributed by atoms with Crippen molar-refractivity contribution in [3.05, 3.63) is 24.0 Å². The molecule has 1 heterocycles. The fraction of sp³-hybridized carbons (Fsp3) is 0.500. The van der Waals surface area contributed by atoms with Crippen molar-refractivity contribution in [2.75, 3.05) is 13.2 Å². The van der Waals surface area contributed by atoms with E-state index in [2.05, 4.69) is 5.10 Å². The summed E-state index contributed by atoms with van der Waals surface area (Å²) in [7, 11) is 1.81. The minimum absolute atomic E-state index is 0.0400. The molecule has 1 aromatic rings. The number of amides is 1. The maximum Gasteiger partial charge on any atom is 0.325 e. The van der Waals surface area contributed by atoms with E-state index in [-0.39, 0.29) is 18.5 Å². The molecule has 0 spiro atoms. The number of esters is 1. The molecule has 0 aliphatic heterocycles. The molecule has 0 aliphatic rings. The topological polar surface area (TPSA) is 64.4 Å². The summed E-state index contributed by atoms with van der Waals surface area (Å²) in [6.07, 6.45) is 6.58. The molecule has 0 unspecified atom stereocenters. The van der Waals surface area contributed by atoms with Crippen LogP contribution in [0.1, 0.15) is 26.3 Å². The molecule has 6 heteroatoms. The van der Waals surface area contributed by atoms with E-state index in [9.17, 15) is 9.59 Å². The third-order valence-electron chi connectivity index (χ3n) is 2.65. The maximum atomic E-state index is 12.1. The van der Waals surface area contributed by atoms with Crippen LogP contribution in [0, 0.1) is 0 Å². The Labute approximate surface area is 119 Å². The Kier molecular flexibility index (Phi) is 5.96. The third-order valence-corrected chi connectivity index (χ3v) is 2.65. The van der Waals surface area contributed by atoms with Gasteiger partial charge in [0.1, 0.15) is 6.54 Å². The zero-order valence-electron chi connectivity index (χ0n) is 12.4. The van der Waals surface area contributed by atoms with E-state index in [1.54, 1.807) is 37.1 Å². The van der Waals surface area contributed by atoms with E-state index in [0.29, 0.717) is 6.61 Å². The van der Waals surface area contributed by atoms with E-state index in [4.69, 9.17) is 4.74 Å². The largest absolute Gasteiger partial charge is 0.465 e. The molecule has 0 bridgehead atoms. The minimum atomic E-state index is -0.399. The predicted octanol–water partition coefficient (Wildman–Crippen LogP) is 1.23. The monoisotopic (exact) mass is 279 g/mol. The van der Waals surface area contributed by atoms with Gasteiger partial charge < -0.3 is 9.64 Å². The van der Waals surface area contributed by atoms with Crippen LogP contribution < -0.4 is 0 Å². The van der Waals surface area contributed by atoms with Gasteiger partial charge in [-0.3, -0.25) is 14.3 Å². The Hall–Kier alpha value is -2.11. The van der Waals surface area contributed by atoms with Gasteiger partial charge in [0, 0.05) is 30.9 Å². The fourth-order valence-electron chi connectivity index (χ4n) is 1.65. The number of rotatable bonds is 6. The second kappa shape index (κ2) is 7.47. The quantitative estimate of drug-likeness (QED) is 0.580. The lowest BCUT2D eigenvalue weighted by atomic mass is 10.2. The summed E-state index contributed by atoms with van der Waals surface area (Å²) in [6, 6.07) is -0.0783. The van der Waals surface area contributed by atoms with Crippen molar-refractivity contribution >= 4 is 18.0 Å². The number of ether oxygens (including phenoxy) is 1. The second-order valence-corrected chi connectivity index (χ2v) is 4.65. The molecule has 20 heavy (non-hydrogen) atoms. The van der Waals surface area contributed by atoms with E-state index < -0.39 is 5.97 Å². The van der Waals surface area contributed by atoms with E-state index in [0.717, 1.165) is 5.56 Å². The van der Waals surface area contributed by atoms with Gasteiger partial charge in [-0.15, -0.1) is 0 Å². The summed E-state index contributed by atoms with van der Waals surface area (Å²) in [5, 5.41) is 4.01. The highest BCUT2D eigenvalue weighted by Gasteiger charge is 2.18. The number of nitrogens with zero attached hydrogens (tertiary/aromatic N) is 3. The predicted molar refractivity (Wildman–Crippen MR) is 75.7 cm³/mol. The normalized spacial score (nSPS) is 11.1. The lowest BCUT2D eigenvalue weighted by molar-refractivity contribution is -0.148. The highest BCUT2D eigenvalue weighted by molar-refractivity contribution is 5.93. The first-order chi connectivity index (χ1) is 9.43. The molecule has 0 radical (unpaired) electrons. The van der Waals surface area contributed by atoms with Crippen LogP contribution in [0.15, 0.2) is 18.5 Å². The van der Waals surface area contributed by atoms with Crippen molar-refractivity contribution in [3.63, 3.8) is 0 Å². The zero-order valence-corrected chi connectivity index (χ0v) is 12.4. The van der Waals surface area contributed by atoms with Crippen LogP contribution in [-0.4, -0.2) is 45.8 Å². The molecule has 1 amide bonds. The van der Waals surface area contributed by atoms with Gasteiger partial charge in [0.25, 0.3) is 0 Å². The van der Waals surface area contributed by atoms with Crippen molar-refractivity contribution in [2.45, 2.75) is 26.8 Å². The van der Waals surface area contributed by atoms with Gasteiger partial charge in [0.15, 0.2) is 0 Å². The molecule has 6 nitrogen and oxygen atoms in total. The van der Waals surface area contributed by atoms with Crippen molar-refractivity contribution in [1.82, 2.24) is 14.7 Å². The van der Waals surface area contributed by atoms with Gasteiger partial charge in [-0.1, -0.05) is 0 Å². The summed E-state index contributed by atoms with van der Waals surface area (Å²) in [5.41, 5.74) is 0.834. The van der Waals surface area contributed by atoms with E-state index in [1.165, 1.54) is 11.0 Å². The highest BCUT2D eigenvalue weighted by atomic mass is 16.5. The lowest BCUT2D eigenvalue weighted by Crippen LogP contribution is -2.40. The van der Waals surface area contributed by atoms with Crippen molar-refractivity contribution < 1.29 is 14.3 Å². The SMILES string of the molecule is CCOC(=O)CN(C(=O)/C=C/c1cnn(C)c1)C(C)C. The standard InChI is InChI=1S/C14H21N3O3/c1-5-20-14(19)10-17(11(2)3)13(18)7-6-12-8-15-16(4)9-12/h6-9,11H,5,10H2,1-4H3/b7-6+. The average Bonchev–Trinajstić information content (AvgIpc) is 2.79. The Morgan fingerprint density at radius 3 is 2.70 bits per heavy atom. The first-order valence-corrected chi connectivity index (χ1v) is 6.57. The van der Waals surface area contributed by atoms with Crippen LogP contribution in [0.4, 0.5) is 0 Å². The minimum Gasteiger partial charge on any atom is -0.465 e. The zero-order chi connectivity index (χ0) is 15.1. The van der Waals surface area contributed by atoms with Crippen LogP contribution in [0.5, 0.6) is 0 Å². The smallest absolute Gasteiger partial charge is 0.325 e. The number of hydrogen-bond donors (Lipinski definition) is 0. The number of hydrogen-bond acceptors (Lipinski definition) is 4. The molecular formula is C14H21N3O3. The Balaban J connectivity index is 2.69. The number of aromatic nitrogens is 2. The van der Waals surface area contributed by atoms with Crippen LogP contribution >= 0.6 is 0 Å². The summed E-state index contributed by atoms with van der Waals surface area (Å²) in [6.45, 7) is 5.72. The molecule has 0 saturated heterocycles. The first kappa shape index (κ1) is 15.9. The molecule has 0 atom stereocenters. The fourth-order valence-corrected chi connectivity index (χ4v) is 1.65. The van der Waals surface area contributed by atoms with Gasteiger partial charge in [0.2, 0.25) is 5.91 Å². The van der Waals surface area contributed by atoms with Gasteiger partial charge in [-0.05, 0) is 26.8 Å². The van der Waals surface area contributed by atoms with Crippen LogP contribution in [0.3, 0.4) is 0 Å². The number of carbonyl (C=O) groups is 2. The molecule has 0 saturated carbocycles. The summed E-state index contributed by atoms with van der Waals surface area (Å²) >= 11 is 0. The van der Waals surface area contributed by atoms with Crippen molar-refractivity contribution in [2.24, 2.45) is 7.05 Å². The van der Waals surface area contributed by atoms with Crippen LogP contribution in [0.2, 0.25) is 0 Å². The molecule has 0 fully saturated rings. The van der Waals surface area contributed by atoms with Gasteiger partial charge in [-0.25, -0.2) is 0 Å². The van der Waals surface area contributed by atoms with Gasteiger partial charge >= 0.3 is 5.97 Å². The second-order valence-electron chi connectivity index (χ2n) is 4.65. The van der Waals surface area contributed by atoms with Gasteiger partial charge in [0.05, 0.1) is 12.8 Å². The molecule has 1 aromatic heterocycles. The molecule has 0 aliphatic carbocycles. The number of aryl methyl sites for hydroxylation is 1. The Morgan fingerprint density at radius 2 is 2.20 bits per heavy atom. The average molecular weight is 279 g/mol. The van der Waals surface area contributed by atoms with Crippen LogP contribution in [0.25, 0.3) is 6.08 Å². The van der Waals surface area contributed by atoms with Gasteiger partial charge in [-0.2, -0.15) is 5.10 Å². The first-order valence-electron chi connectivity index (χ1n) is 6.57. The van der Waals surface area contributed by atoms with Crippen molar-refractivity contribution in [1.29, 1.82) is 0 Å². The molecular weight excluding hydrogens is 258 g/mol. The molecule has 0 aromatic carbocycles. The van der Waals surface area contributed by atoms with Crippen molar-refractivity contribution in [3.8, 4) is 0 Å². The Morgan fingerprint density at radius 1 is 1.50 bits per heavy atom. The van der Waals surface area contributed by atoms with Crippen LogP contribution in [-0.2, 0) is 21.4 Å². The third kappa shape index (κ3) is 4.87. The number of carbonyl (C=O) groups excluding carboxylic acids is 2. The van der Waals surface area contributed by atoms with E-state index >= 15 is 0 Å². The summed E-state index contributed by atoms with van der Waals surface area (Å²) in [5.74, 6) is -0.624. The molecule has 0 N–H and O–H groups in total. The summed E-state index contributed by atoms with van der Waals surface area (Å²) in [4.78, 5) is 25.1. The molecule has 110 valence electrons. The summed E-state index contributed by atoms with van der Waals surface area (Å²) < 4.78 is 6.52. The maximum absolute atomic E-state index is 12.1. The van der Waals surface area contributed by atoms with E-state index in [1.807, 2.05) is 13.8 Å². The highest BCUT2D eigenvalue weighted by Crippen LogP contribution is 2.04.